The maximum atomic E-state index is 12.3. The minimum Gasteiger partial charge on any atom is -0.851 e. The number of imidazole rings is 2. The van der Waals surface area contributed by atoms with Crippen LogP contribution in [0.3, 0.4) is 0 Å². The van der Waals surface area contributed by atoms with Crippen LogP contribution in [0.15, 0.2) is 22.2 Å². The summed E-state index contributed by atoms with van der Waals surface area (Å²) in [5, 5.41) is 62.3. The van der Waals surface area contributed by atoms with Crippen molar-refractivity contribution in [3.05, 3.63) is 33.4 Å². The number of ether oxygens (including phenoxy) is 2. The Morgan fingerprint density at radius 3 is 1.28 bits per heavy atom. The van der Waals surface area contributed by atoms with Crippen molar-refractivity contribution < 1.29 is 162 Å². The number of nitrogen functional groups attached to an aromatic ring is 2. The number of fused-ring (bicyclic) bond motifs is 2. The van der Waals surface area contributed by atoms with Crippen LogP contribution in [0.4, 0.5) is 11.9 Å². The van der Waals surface area contributed by atoms with Gasteiger partial charge in [0.1, 0.15) is 12.5 Å². The first kappa shape index (κ1) is 57.0. The van der Waals surface area contributed by atoms with Gasteiger partial charge in [-0.1, -0.05) is 12.2 Å². The second-order valence-corrected chi connectivity index (χ2v) is 17.2. The molecule has 0 saturated carbocycles. The average Bonchev–Trinajstić information content (AvgIpc) is 3.79. The van der Waals surface area contributed by atoms with Crippen LogP contribution in [-0.4, -0.2) is 118 Å². The van der Waals surface area contributed by atoms with Crippen molar-refractivity contribution in [2.24, 2.45) is 0 Å². The van der Waals surface area contributed by atoms with E-state index in [-0.39, 0.29) is 110 Å². The molecule has 2 aliphatic rings. The zero-order valence-corrected chi connectivity index (χ0v) is 34.8. The van der Waals surface area contributed by atoms with Gasteiger partial charge in [0.25, 0.3) is 11.1 Å². The molecule has 0 bridgehead atoms. The fraction of sp³-hybridized carbons (Fsp3) is 0.500. The van der Waals surface area contributed by atoms with E-state index in [9.17, 15) is 48.9 Å². The van der Waals surface area contributed by atoms with E-state index in [4.69, 9.17) is 50.8 Å². The van der Waals surface area contributed by atoms with Crippen molar-refractivity contribution in [1.29, 1.82) is 10.3 Å². The smallest absolute Gasteiger partial charge is 0.851 e. The summed E-state index contributed by atoms with van der Waals surface area (Å²) in [6.07, 6.45) is -11.8. The molecule has 60 heavy (non-hydrogen) atoms. The Hall–Kier alpha value is -1.03. The summed E-state index contributed by atoms with van der Waals surface area (Å²) in [6.45, 7) is -1.83. The van der Waals surface area contributed by atoms with Crippen molar-refractivity contribution >= 4 is 65.3 Å². The van der Waals surface area contributed by atoms with Gasteiger partial charge >= 0.3 is 107 Å². The van der Waals surface area contributed by atoms with Crippen LogP contribution in [0.25, 0.3) is 22.3 Å². The van der Waals surface area contributed by atoms with Gasteiger partial charge in [-0.2, -0.15) is 9.97 Å². The summed E-state index contributed by atoms with van der Waals surface area (Å²) in [7, 11) is -19.9. The Bertz CT molecular complexity index is 2250. The van der Waals surface area contributed by atoms with E-state index in [0.29, 0.717) is 0 Å². The van der Waals surface area contributed by atoms with Crippen molar-refractivity contribution in [1.82, 2.24) is 39.0 Å². The number of nitrogens with zero attached hydrogens (tertiary/aromatic N) is 6. The summed E-state index contributed by atoms with van der Waals surface area (Å²) in [4.78, 5) is 96.9. The minimum atomic E-state index is -5.10. The molecule has 0 radical (unpaired) electrons. The van der Waals surface area contributed by atoms with Gasteiger partial charge in [0.15, 0.2) is 22.3 Å². The van der Waals surface area contributed by atoms with Crippen LogP contribution < -0.4 is 118 Å². The zero-order chi connectivity index (χ0) is 41.7. The third-order valence-corrected chi connectivity index (χ3v) is 11.7. The summed E-state index contributed by atoms with van der Waals surface area (Å²) in [5.74, 6) is -0.515. The van der Waals surface area contributed by atoms with Gasteiger partial charge in [-0.05, 0) is 0 Å². The SMILES string of the molecule is N=P(O)(O)OP(=O)(O)OC[C@H]1O[C@@H](n2cnc3c(=O)[nH]c(N)nc32)[C@H]([O-])[C@@H]1[O-].N=P(O)(O)OP(=O)(O)OC[C@H]1O[C@@H](n2cnc3c(=O)[nH]c(N)nc32)[C@H]([O-])[C@@H]1[O-].[Li+].[Li+].[Li+].[Li+]. The summed E-state index contributed by atoms with van der Waals surface area (Å²) < 4.78 is 52.0. The third kappa shape index (κ3) is 14.0. The first-order chi connectivity index (χ1) is 25.8. The van der Waals surface area contributed by atoms with E-state index in [0.717, 1.165) is 21.8 Å². The van der Waals surface area contributed by atoms with Crippen LogP contribution >= 0.6 is 31.1 Å². The Morgan fingerprint density at radius 1 is 0.667 bits per heavy atom. The molecule has 2 fully saturated rings. The van der Waals surface area contributed by atoms with Gasteiger partial charge in [-0.3, -0.25) is 37.7 Å². The number of hydrogen-bond acceptors (Lipinski definition) is 22. The molecule has 0 spiro atoms. The number of anilines is 2. The predicted molar refractivity (Wildman–Crippen MR) is 170 cm³/mol. The molecule has 6 heterocycles. The molecule has 14 N–H and O–H groups in total. The maximum absolute atomic E-state index is 12.3. The van der Waals surface area contributed by atoms with Gasteiger partial charge in [0.2, 0.25) is 11.9 Å². The normalized spacial score (nSPS) is 26.0. The van der Waals surface area contributed by atoms with Gasteiger partial charge in [0, 0.05) is 0 Å². The fourth-order valence-corrected chi connectivity index (χ4v) is 8.41. The van der Waals surface area contributed by atoms with Crippen molar-refractivity contribution in [2.75, 3.05) is 24.7 Å². The molecule has 2 saturated heterocycles. The number of aromatic nitrogens is 8. The predicted octanol–water partition coefficient (Wildman–Crippen LogP) is -18.6. The maximum Gasteiger partial charge on any atom is 1.00 e. The first-order valence-electron chi connectivity index (χ1n) is 14.7. The zero-order valence-electron chi connectivity index (χ0n) is 31.2. The molecule has 4 aromatic heterocycles. The van der Waals surface area contributed by atoms with E-state index in [1.807, 2.05) is 0 Å². The number of aromatic amines is 2. The van der Waals surface area contributed by atoms with Crippen LogP contribution in [0.2, 0.25) is 0 Å². The second kappa shape index (κ2) is 21.8. The number of phosphoric acid groups is 2. The van der Waals surface area contributed by atoms with Crippen molar-refractivity contribution in [3.63, 3.8) is 0 Å². The third-order valence-electron chi connectivity index (χ3n) is 7.26. The summed E-state index contributed by atoms with van der Waals surface area (Å²) >= 11 is 0. The van der Waals surface area contributed by atoms with E-state index in [1.54, 1.807) is 0 Å². The second-order valence-electron chi connectivity index (χ2n) is 11.3. The van der Waals surface area contributed by atoms with E-state index >= 15 is 0 Å². The average molecular weight is 908 g/mol. The Kier molecular flexibility index (Phi) is 20.7. The molecule has 0 aromatic carbocycles. The molecule has 10 atom stereocenters. The van der Waals surface area contributed by atoms with Crippen LogP contribution in [0.5, 0.6) is 0 Å². The topological polar surface area (TPSA) is 530 Å². The molecule has 6 rings (SSSR count). The summed E-state index contributed by atoms with van der Waals surface area (Å²) in [6, 6.07) is 0. The van der Waals surface area contributed by atoms with Crippen LogP contribution in [0.1, 0.15) is 12.5 Å². The van der Waals surface area contributed by atoms with E-state index in [1.165, 1.54) is 0 Å². The number of phosphoric ester groups is 2. The van der Waals surface area contributed by atoms with Crippen LogP contribution in [-0.2, 0) is 36.3 Å². The minimum absolute atomic E-state index is 0. The van der Waals surface area contributed by atoms with Gasteiger partial charge in [-0.25, -0.2) is 38.0 Å². The number of nitrogens with one attached hydrogen (secondary N) is 4. The number of rotatable bonds is 12. The molecular weight excluding hydrogens is 880 g/mol. The van der Waals surface area contributed by atoms with Crippen molar-refractivity contribution in [2.45, 2.75) is 49.1 Å². The monoisotopic (exact) mass is 908 g/mol. The number of H-pyrrole nitrogens is 2. The van der Waals surface area contributed by atoms with Gasteiger partial charge in [-0.15, -0.1) is 12.2 Å². The molecule has 312 valence electrons. The van der Waals surface area contributed by atoms with Gasteiger partial charge in [0.05, 0.1) is 38.1 Å². The van der Waals surface area contributed by atoms with E-state index in [2.05, 4.69) is 47.6 Å². The Morgan fingerprint density at radius 2 is 0.983 bits per heavy atom. The molecule has 0 amide bonds. The standard InChI is InChI=1S/2C10H14N6O10P2.4Li/c2*11-10-14-7-4(8(19)15-10)13-2-16(7)9-6(18)5(17)3(25-9)1-24-28(22,23)26-27(12,20)21;;;;/h2*2-3,5-6,9H,1H2,(H,22,23)(H3,12,20,21)(H3,11,14,15,19);;;;/q2*-2;4*+1/t2*3-,5-,6-,9-;;;;/m11..../s1. The number of hydrogen-bond donors (Lipinski definition) is 12. The summed E-state index contributed by atoms with van der Waals surface area (Å²) in [5.41, 5.74) is 9.04. The molecule has 2 aliphatic heterocycles. The first-order valence-corrected chi connectivity index (χ1v) is 20.9. The fourth-order valence-electron chi connectivity index (χ4n) is 5.06. The number of nitrogens with two attached hydrogens (primary N) is 2. The van der Waals surface area contributed by atoms with E-state index < -0.39 is 105 Å². The van der Waals surface area contributed by atoms with Crippen molar-refractivity contribution in [3.8, 4) is 0 Å². The molecule has 4 aromatic rings. The molecule has 40 heteroatoms. The van der Waals surface area contributed by atoms with Crippen LogP contribution in [0, 0.1) is 10.3 Å². The molecule has 0 aliphatic carbocycles. The largest absolute Gasteiger partial charge is 1.00 e. The Labute approximate surface area is 381 Å². The molecule has 32 nitrogen and oxygen atoms in total. The molecule has 2 unspecified atom stereocenters. The molecular formula is C20H28Li4N12O20P4. The Balaban J connectivity index is 0.000000562. The quantitative estimate of drug-likeness (QED) is 0.0464. The van der Waals surface area contributed by atoms with Gasteiger partial charge < -0.3 is 70.7 Å².